The van der Waals surface area contributed by atoms with E-state index in [1.54, 1.807) is 6.92 Å². The smallest absolute Gasteiger partial charge is 0.105 e. The van der Waals surface area contributed by atoms with Gasteiger partial charge in [0.1, 0.15) is 6.10 Å². The first-order valence-corrected chi connectivity index (χ1v) is 5.29. The van der Waals surface area contributed by atoms with Crippen LogP contribution in [0.3, 0.4) is 0 Å². The summed E-state index contributed by atoms with van der Waals surface area (Å²) >= 11 is 0. The van der Waals surface area contributed by atoms with Crippen LogP contribution in [0.2, 0.25) is 0 Å². The van der Waals surface area contributed by atoms with Gasteiger partial charge < -0.3 is 10.2 Å². The molecule has 0 unspecified atom stereocenters. The monoisotopic (exact) mass is 208 g/mol. The molecule has 2 nitrogen and oxygen atoms in total. The summed E-state index contributed by atoms with van der Waals surface area (Å²) in [5.74, 6) is 0. The molecule has 2 heteroatoms. The van der Waals surface area contributed by atoms with Crippen LogP contribution in [0, 0.1) is 0 Å². The highest BCUT2D eigenvalue weighted by Crippen LogP contribution is 2.26. The minimum Gasteiger partial charge on any atom is -0.390 e. The number of hydrogen-bond acceptors (Lipinski definition) is 2. The molecule has 0 saturated carbocycles. The fourth-order valence-electron chi connectivity index (χ4n) is 1.47. The maximum absolute atomic E-state index is 9.74. The molecule has 1 aromatic rings. The maximum Gasteiger partial charge on any atom is 0.105 e. The summed E-state index contributed by atoms with van der Waals surface area (Å²) in [5, 5.41) is 19.1. The third kappa shape index (κ3) is 3.05. The highest BCUT2D eigenvalue weighted by Gasteiger charge is 2.18. The van der Waals surface area contributed by atoms with Crippen LogP contribution in [0.15, 0.2) is 24.3 Å². The molecule has 1 aromatic carbocycles. The van der Waals surface area contributed by atoms with Crippen LogP contribution in [0.4, 0.5) is 0 Å². The van der Waals surface area contributed by atoms with Gasteiger partial charge in [-0.05, 0) is 23.5 Å². The van der Waals surface area contributed by atoms with Gasteiger partial charge in [0, 0.05) is 0 Å². The zero-order valence-corrected chi connectivity index (χ0v) is 9.86. The summed E-state index contributed by atoms with van der Waals surface area (Å²) in [6, 6.07) is 7.75. The second-order valence-corrected chi connectivity index (χ2v) is 5.06. The quantitative estimate of drug-likeness (QED) is 0.783. The molecule has 2 atom stereocenters. The van der Waals surface area contributed by atoms with Gasteiger partial charge in [0.25, 0.3) is 0 Å². The molecule has 0 aliphatic carbocycles. The fraction of sp³-hybridized carbons (Fsp3) is 0.538. The summed E-state index contributed by atoms with van der Waals surface area (Å²) in [6.45, 7) is 7.97. The van der Waals surface area contributed by atoms with Crippen molar-refractivity contribution in [2.24, 2.45) is 0 Å². The van der Waals surface area contributed by atoms with E-state index in [1.165, 1.54) is 5.56 Å². The van der Waals surface area contributed by atoms with E-state index in [9.17, 15) is 10.2 Å². The number of aliphatic hydroxyl groups is 2. The Hall–Kier alpha value is -0.860. The third-order valence-electron chi connectivity index (χ3n) is 2.55. The lowest BCUT2D eigenvalue weighted by Gasteiger charge is -2.21. The van der Waals surface area contributed by atoms with E-state index in [0.717, 1.165) is 5.56 Å². The fourth-order valence-corrected chi connectivity index (χ4v) is 1.47. The standard InChI is InChI=1S/C13H20O2/c1-9(14)12(15)10-6-5-7-11(8-10)13(2,3)4/h5-9,12,14-15H,1-4H3/t9-,12+/m0/s1. The van der Waals surface area contributed by atoms with Gasteiger partial charge in [-0.1, -0.05) is 45.0 Å². The van der Waals surface area contributed by atoms with Gasteiger partial charge in [-0.3, -0.25) is 0 Å². The Morgan fingerprint density at radius 1 is 1.13 bits per heavy atom. The van der Waals surface area contributed by atoms with Crippen LogP contribution in [-0.2, 0) is 5.41 Å². The zero-order valence-electron chi connectivity index (χ0n) is 9.86. The van der Waals surface area contributed by atoms with E-state index in [4.69, 9.17) is 0 Å². The lowest BCUT2D eigenvalue weighted by Crippen LogP contribution is -2.16. The maximum atomic E-state index is 9.74. The van der Waals surface area contributed by atoms with Crippen LogP contribution in [-0.4, -0.2) is 16.3 Å². The Labute approximate surface area is 91.6 Å². The van der Waals surface area contributed by atoms with E-state index in [-0.39, 0.29) is 5.41 Å². The SMILES string of the molecule is C[C@H](O)[C@@H](O)c1cccc(C(C)(C)C)c1. The average Bonchev–Trinajstić information content (AvgIpc) is 2.15. The van der Waals surface area contributed by atoms with E-state index in [1.807, 2.05) is 24.3 Å². The Balaban J connectivity index is 3.03. The number of benzene rings is 1. The van der Waals surface area contributed by atoms with Crippen molar-refractivity contribution >= 4 is 0 Å². The first-order valence-electron chi connectivity index (χ1n) is 5.29. The summed E-state index contributed by atoms with van der Waals surface area (Å²) in [4.78, 5) is 0. The highest BCUT2D eigenvalue weighted by molar-refractivity contribution is 5.30. The van der Waals surface area contributed by atoms with Gasteiger partial charge in [-0.25, -0.2) is 0 Å². The molecule has 84 valence electrons. The van der Waals surface area contributed by atoms with Crippen LogP contribution in [0.5, 0.6) is 0 Å². The zero-order chi connectivity index (χ0) is 11.6. The lowest BCUT2D eigenvalue weighted by atomic mass is 9.85. The van der Waals surface area contributed by atoms with Crippen molar-refractivity contribution in [2.75, 3.05) is 0 Å². The Bertz CT molecular complexity index is 324. The largest absolute Gasteiger partial charge is 0.390 e. The Kier molecular flexibility index (Phi) is 3.53. The molecule has 2 N–H and O–H groups in total. The summed E-state index contributed by atoms with van der Waals surface area (Å²) < 4.78 is 0. The van der Waals surface area contributed by atoms with Crippen molar-refractivity contribution in [1.29, 1.82) is 0 Å². The molecular formula is C13H20O2. The van der Waals surface area contributed by atoms with Gasteiger partial charge in [0.15, 0.2) is 0 Å². The molecular weight excluding hydrogens is 188 g/mol. The third-order valence-corrected chi connectivity index (χ3v) is 2.55. The van der Waals surface area contributed by atoms with Crippen LogP contribution >= 0.6 is 0 Å². The number of hydrogen-bond donors (Lipinski definition) is 2. The number of rotatable bonds is 2. The lowest BCUT2D eigenvalue weighted by molar-refractivity contribution is 0.0304. The van der Waals surface area contributed by atoms with Crippen molar-refractivity contribution in [1.82, 2.24) is 0 Å². The van der Waals surface area contributed by atoms with E-state index >= 15 is 0 Å². The highest BCUT2D eigenvalue weighted by atomic mass is 16.3. The second kappa shape index (κ2) is 4.33. The minimum absolute atomic E-state index is 0.0639. The molecule has 0 heterocycles. The normalized spacial score (nSPS) is 16.1. The Morgan fingerprint density at radius 2 is 1.73 bits per heavy atom. The summed E-state index contributed by atoms with van der Waals surface area (Å²) in [5.41, 5.74) is 2.01. The molecule has 0 saturated heterocycles. The van der Waals surface area contributed by atoms with Gasteiger partial charge in [-0.15, -0.1) is 0 Å². The van der Waals surface area contributed by atoms with Crippen molar-refractivity contribution < 1.29 is 10.2 Å². The molecule has 0 fully saturated rings. The molecule has 1 rings (SSSR count). The molecule has 0 aromatic heterocycles. The predicted molar refractivity (Wildman–Crippen MR) is 61.8 cm³/mol. The molecule has 0 bridgehead atoms. The summed E-state index contributed by atoms with van der Waals surface area (Å²) in [6.07, 6.45) is -1.53. The van der Waals surface area contributed by atoms with Crippen molar-refractivity contribution in [3.8, 4) is 0 Å². The van der Waals surface area contributed by atoms with Crippen LogP contribution in [0.25, 0.3) is 0 Å². The van der Waals surface area contributed by atoms with Gasteiger partial charge in [-0.2, -0.15) is 0 Å². The van der Waals surface area contributed by atoms with E-state index < -0.39 is 12.2 Å². The molecule has 0 spiro atoms. The van der Waals surface area contributed by atoms with Gasteiger partial charge in [0.05, 0.1) is 6.10 Å². The van der Waals surface area contributed by atoms with Crippen molar-refractivity contribution in [2.45, 2.75) is 45.3 Å². The second-order valence-electron chi connectivity index (χ2n) is 5.06. The van der Waals surface area contributed by atoms with E-state index in [0.29, 0.717) is 0 Å². The predicted octanol–water partition coefficient (Wildman–Crippen LogP) is 2.40. The minimum atomic E-state index is -0.799. The number of aliphatic hydroxyl groups excluding tert-OH is 2. The molecule has 15 heavy (non-hydrogen) atoms. The topological polar surface area (TPSA) is 40.5 Å². The molecule has 0 radical (unpaired) electrons. The van der Waals surface area contributed by atoms with Crippen molar-refractivity contribution in [3.63, 3.8) is 0 Å². The van der Waals surface area contributed by atoms with Gasteiger partial charge in [0.2, 0.25) is 0 Å². The average molecular weight is 208 g/mol. The first-order chi connectivity index (χ1) is 6.82. The first kappa shape index (κ1) is 12.2. The molecule has 0 amide bonds. The van der Waals surface area contributed by atoms with Gasteiger partial charge >= 0.3 is 0 Å². The Morgan fingerprint density at radius 3 is 2.20 bits per heavy atom. The summed E-state index contributed by atoms with van der Waals surface area (Å²) in [7, 11) is 0. The van der Waals surface area contributed by atoms with E-state index in [2.05, 4.69) is 20.8 Å². The molecule has 0 aliphatic rings. The van der Waals surface area contributed by atoms with Crippen molar-refractivity contribution in [3.05, 3.63) is 35.4 Å². The van der Waals surface area contributed by atoms with Crippen LogP contribution < -0.4 is 0 Å². The van der Waals surface area contributed by atoms with Crippen LogP contribution in [0.1, 0.15) is 44.9 Å². The molecule has 0 aliphatic heterocycles.